The first kappa shape index (κ1) is 11.7. The third kappa shape index (κ3) is 2.76. The van der Waals surface area contributed by atoms with Crippen LogP contribution in [0.2, 0.25) is 0 Å². The van der Waals surface area contributed by atoms with Gasteiger partial charge in [0.15, 0.2) is 11.5 Å². The molecular weight excluding hydrogens is 196 g/mol. The molecule has 1 unspecified atom stereocenters. The van der Waals surface area contributed by atoms with Crippen molar-refractivity contribution in [1.82, 2.24) is 0 Å². The molecule has 1 aromatic carbocycles. The molecule has 0 heterocycles. The molecule has 0 fully saturated rings. The van der Waals surface area contributed by atoms with Crippen LogP contribution in [0.1, 0.15) is 12.5 Å². The summed E-state index contributed by atoms with van der Waals surface area (Å²) in [6.07, 6.45) is 0.0523. The number of aliphatic hydroxyl groups excluding tert-OH is 1. The monoisotopic (exact) mass is 212 g/mol. The number of hydrogen-bond donors (Lipinski definition) is 2. The minimum Gasteiger partial charge on any atom is -0.502 e. The Kier molecular flexibility index (Phi) is 3.80. The van der Waals surface area contributed by atoms with Crippen molar-refractivity contribution in [3.63, 3.8) is 0 Å². The van der Waals surface area contributed by atoms with Crippen LogP contribution in [-0.4, -0.2) is 30.5 Å². The van der Waals surface area contributed by atoms with Crippen LogP contribution in [0.5, 0.6) is 17.2 Å². The van der Waals surface area contributed by atoms with Crippen molar-refractivity contribution in [3.8, 4) is 17.2 Å². The van der Waals surface area contributed by atoms with Gasteiger partial charge in [-0.25, -0.2) is 0 Å². The standard InChI is InChI=1S/C11H16O4/c1-7(12)4-8-5-9(14-2)11(13)10(6-8)15-3/h5-7,12-13H,4H2,1-3H3. The van der Waals surface area contributed by atoms with Crippen molar-refractivity contribution in [3.05, 3.63) is 17.7 Å². The SMILES string of the molecule is COc1cc(CC(C)O)cc(OC)c1O. The number of phenolic OH excluding ortho intramolecular Hbond substituents is 1. The third-order valence-corrected chi connectivity index (χ3v) is 2.07. The number of methoxy groups -OCH3 is 2. The second kappa shape index (κ2) is 4.89. The van der Waals surface area contributed by atoms with E-state index in [9.17, 15) is 10.2 Å². The Hall–Kier alpha value is -1.42. The van der Waals surface area contributed by atoms with Gasteiger partial charge < -0.3 is 19.7 Å². The Balaban J connectivity index is 3.09. The van der Waals surface area contributed by atoms with Gasteiger partial charge in [0.2, 0.25) is 5.75 Å². The molecule has 4 heteroatoms. The van der Waals surface area contributed by atoms with Gasteiger partial charge in [-0.15, -0.1) is 0 Å². The van der Waals surface area contributed by atoms with E-state index >= 15 is 0 Å². The van der Waals surface area contributed by atoms with Crippen LogP contribution in [0.4, 0.5) is 0 Å². The van der Waals surface area contributed by atoms with Crippen LogP contribution >= 0.6 is 0 Å². The van der Waals surface area contributed by atoms with Gasteiger partial charge in [0.05, 0.1) is 20.3 Å². The highest BCUT2D eigenvalue weighted by atomic mass is 16.5. The first-order valence-electron chi connectivity index (χ1n) is 4.70. The number of hydrogen-bond acceptors (Lipinski definition) is 4. The second-order valence-electron chi connectivity index (χ2n) is 3.40. The first-order valence-corrected chi connectivity index (χ1v) is 4.70. The van der Waals surface area contributed by atoms with Gasteiger partial charge in [-0.1, -0.05) is 0 Å². The van der Waals surface area contributed by atoms with E-state index in [1.54, 1.807) is 19.1 Å². The number of benzene rings is 1. The van der Waals surface area contributed by atoms with Gasteiger partial charge in [-0.2, -0.15) is 0 Å². The number of rotatable bonds is 4. The predicted octanol–water partition coefficient (Wildman–Crippen LogP) is 1.33. The Labute approximate surface area is 89.1 Å². The van der Waals surface area contributed by atoms with E-state index in [1.807, 2.05) is 0 Å². The molecule has 1 rings (SSSR count). The summed E-state index contributed by atoms with van der Waals surface area (Å²) in [6, 6.07) is 3.37. The molecule has 0 bridgehead atoms. The molecule has 1 aromatic rings. The fourth-order valence-electron chi connectivity index (χ4n) is 1.41. The molecule has 0 spiro atoms. The van der Waals surface area contributed by atoms with Gasteiger partial charge >= 0.3 is 0 Å². The van der Waals surface area contributed by atoms with Crippen LogP contribution < -0.4 is 9.47 Å². The molecule has 4 nitrogen and oxygen atoms in total. The lowest BCUT2D eigenvalue weighted by Gasteiger charge is -2.12. The highest BCUT2D eigenvalue weighted by molar-refractivity contribution is 5.52. The van der Waals surface area contributed by atoms with Gasteiger partial charge in [-0.05, 0) is 31.0 Å². The van der Waals surface area contributed by atoms with Crippen LogP contribution in [0.25, 0.3) is 0 Å². The Morgan fingerprint density at radius 3 is 2.00 bits per heavy atom. The number of aromatic hydroxyl groups is 1. The van der Waals surface area contributed by atoms with Crippen molar-refractivity contribution in [2.75, 3.05) is 14.2 Å². The lowest BCUT2D eigenvalue weighted by atomic mass is 10.1. The second-order valence-corrected chi connectivity index (χ2v) is 3.40. The molecular formula is C11H16O4. The quantitative estimate of drug-likeness (QED) is 0.790. The number of aliphatic hydroxyl groups is 1. The molecule has 0 amide bonds. The molecule has 15 heavy (non-hydrogen) atoms. The fourth-order valence-corrected chi connectivity index (χ4v) is 1.41. The molecule has 2 N–H and O–H groups in total. The Morgan fingerprint density at radius 2 is 1.67 bits per heavy atom. The zero-order valence-electron chi connectivity index (χ0n) is 9.15. The molecule has 84 valence electrons. The normalized spacial score (nSPS) is 12.3. The smallest absolute Gasteiger partial charge is 0.200 e. The Bertz CT molecular complexity index is 308. The molecule has 0 aliphatic rings. The predicted molar refractivity (Wildman–Crippen MR) is 56.6 cm³/mol. The summed E-state index contributed by atoms with van der Waals surface area (Å²) in [7, 11) is 2.95. The van der Waals surface area contributed by atoms with E-state index in [4.69, 9.17) is 9.47 Å². The van der Waals surface area contributed by atoms with Crippen molar-refractivity contribution >= 4 is 0 Å². The molecule has 0 aliphatic heterocycles. The van der Waals surface area contributed by atoms with Crippen molar-refractivity contribution in [2.24, 2.45) is 0 Å². The average molecular weight is 212 g/mol. The van der Waals surface area contributed by atoms with Crippen molar-refractivity contribution in [1.29, 1.82) is 0 Å². The summed E-state index contributed by atoms with van der Waals surface area (Å²) in [4.78, 5) is 0. The average Bonchev–Trinajstić information content (AvgIpc) is 2.19. The highest BCUT2D eigenvalue weighted by Gasteiger charge is 2.11. The van der Waals surface area contributed by atoms with Crippen molar-refractivity contribution in [2.45, 2.75) is 19.4 Å². The molecule has 0 saturated carbocycles. The van der Waals surface area contributed by atoms with Gasteiger partial charge in [0.25, 0.3) is 0 Å². The van der Waals surface area contributed by atoms with Gasteiger partial charge in [-0.3, -0.25) is 0 Å². The van der Waals surface area contributed by atoms with E-state index in [0.29, 0.717) is 17.9 Å². The summed E-state index contributed by atoms with van der Waals surface area (Å²) < 4.78 is 10.00. The lowest BCUT2D eigenvalue weighted by molar-refractivity contribution is 0.195. The van der Waals surface area contributed by atoms with E-state index in [-0.39, 0.29) is 5.75 Å². The number of phenols is 1. The fraction of sp³-hybridized carbons (Fsp3) is 0.455. The van der Waals surface area contributed by atoms with E-state index in [1.165, 1.54) is 14.2 Å². The van der Waals surface area contributed by atoms with Gasteiger partial charge in [0.1, 0.15) is 0 Å². The maximum absolute atomic E-state index is 9.63. The van der Waals surface area contributed by atoms with E-state index in [0.717, 1.165) is 5.56 Å². The maximum Gasteiger partial charge on any atom is 0.200 e. The summed E-state index contributed by atoms with van der Waals surface area (Å²) in [5, 5.41) is 18.9. The summed E-state index contributed by atoms with van der Waals surface area (Å²) >= 11 is 0. The molecule has 0 saturated heterocycles. The maximum atomic E-state index is 9.63. The van der Waals surface area contributed by atoms with Crippen LogP contribution in [-0.2, 0) is 6.42 Å². The molecule has 0 aromatic heterocycles. The Morgan fingerprint density at radius 1 is 1.20 bits per heavy atom. The van der Waals surface area contributed by atoms with Crippen LogP contribution in [0, 0.1) is 0 Å². The minimum absolute atomic E-state index is 0.0191. The third-order valence-electron chi connectivity index (χ3n) is 2.07. The van der Waals surface area contributed by atoms with Crippen LogP contribution in [0.15, 0.2) is 12.1 Å². The van der Waals surface area contributed by atoms with E-state index < -0.39 is 6.10 Å². The summed E-state index contributed by atoms with van der Waals surface area (Å²) in [6.45, 7) is 1.70. The summed E-state index contributed by atoms with van der Waals surface area (Å²) in [5.74, 6) is 0.685. The van der Waals surface area contributed by atoms with Gasteiger partial charge in [0, 0.05) is 0 Å². The molecule has 1 atom stereocenters. The minimum atomic E-state index is -0.441. The molecule has 0 aliphatic carbocycles. The van der Waals surface area contributed by atoms with Crippen LogP contribution in [0.3, 0.4) is 0 Å². The first-order chi connectivity index (χ1) is 7.08. The van der Waals surface area contributed by atoms with Crippen molar-refractivity contribution < 1.29 is 19.7 Å². The number of ether oxygens (including phenoxy) is 2. The summed E-state index contributed by atoms with van der Waals surface area (Å²) in [5.41, 5.74) is 0.858. The largest absolute Gasteiger partial charge is 0.502 e. The zero-order valence-corrected chi connectivity index (χ0v) is 9.15. The molecule has 0 radical (unpaired) electrons. The lowest BCUT2D eigenvalue weighted by Crippen LogP contribution is -2.04. The zero-order chi connectivity index (χ0) is 11.4. The van der Waals surface area contributed by atoms with E-state index in [2.05, 4.69) is 0 Å². The highest BCUT2D eigenvalue weighted by Crippen LogP contribution is 2.37. The topological polar surface area (TPSA) is 58.9 Å².